The van der Waals surface area contributed by atoms with Gasteiger partial charge in [0, 0.05) is 46.2 Å². The topological polar surface area (TPSA) is 95.7 Å². The Morgan fingerprint density at radius 1 is 1.32 bits per heavy atom. The molecule has 2 aliphatic heterocycles. The van der Waals surface area contributed by atoms with Crippen molar-refractivity contribution in [3.63, 3.8) is 0 Å². The molecule has 1 aromatic heterocycles. The smallest absolute Gasteiger partial charge is 0.309 e. The number of carboxylic acids is 1. The fourth-order valence-electron chi connectivity index (χ4n) is 4.14. The van der Waals surface area contributed by atoms with Crippen LogP contribution >= 0.6 is 0 Å². The van der Waals surface area contributed by atoms with E-state index in [-0.39, 0.29) is 18.2 Å². The Morgan fingerprint density at radius 3 is 2.56 bits per heavy atom. The van der Waals surface area contributed by atoms with Crippen LogP contribution in [0.25, 0.3) is 0 Å². The SMILES string of the molecule is CN1C(=O)C[C@H](C(=O)O)C12CCN(C(=O)CCc1cnn(C)c1)CC2. The van der Waals surface area contributed by atoms with Crippen LogP contribution < -0.4 is 0 Å². The molecule has 0 bridgehead atoms. The highest BCUT2D eigenvalue weighted by Crippen LogP contribution is 2.42. The van der Waals surface area contributed by atoms with E-state index in [1.165, 1.54) is 0 Å². The summed E-state index contributed by atoms with van der Waals surface area (Å²) in [5, 5.41) is 13.6. The van der Waals surface area contributed by atoms with Crippen molar-refractivity contribution < 1.29 is 19.5 Å². The molecule has 1 atom stereocenters. The van der Waals surface area contributed by atoms with Crippen molar-refractivity contribution in [3.8, 4) is 0 Å². The molecule has 2 aliphatic rings. The van der Waals surface area contributed by atoms with Crippen molar-refractivity contribution in [1.82, 2.24) is 19.6 Å². The van der Waals surface area contributed by atoms with E-state index in [0.717, 1.165) is 5.56 Å². The number of aromatic nitrogens is 2. The average Bonchev–Trinajstić information content (AvgIpc) is 3.10. The minimum Gasteiger partial charge on any atom is -0.481 e. The van der Waals surface area contributed by atoms with E-state index in [9.17, 15) is 19.5 Å². The van der Waals surface area contributed by atoms with Crippen LogP contribution in [0.2, 0.25) is 0 Å². The second-order valence-electron chi connectivity index (χ2n) is 7.05. The van der Waals surface area contributed by atoms with E-state index < -0.39 is 17.4 Å². The van der Waals surface area contributed by atoms with Crippen molar-refractivity contribution >= 4 is 17.8 Å². The highest BCUT2D eigenvalue weighted by Gasteiger charge is 2.55. The molecular weight excluding hydrogens is 324 g/mol. The summed E-state index contributed by atoms with van der Waals surface area (Å²) in [5.74, 6) is -1.66. The quantitative estimate of drug-likeness (QED) is 0.843. The van der Waals surface area contributed by atoms with Gasteiger partial charge in [0.15, 0.2) is 0 Å². The standard InChI is InChI=1S/C17H24N4O4/c1-19-11-12(10-18-19)3-4-14(22)21-7-5-17(6-8-21)13(16(24)25)9-15(23)20(17)2/h10-11,13H,3-9H2,1-2H3,(H,24,25)/t13-/m1/s1. The largest absolute Gasteiger partial charge is 0.481 e. The Bertz CT molecular complexity index is 691. The predicted molar refractivity (Wildman–Crippen MR) is 88.6 cm³/mol. The number of nitrogens with zero attached hydrogens (tertiary/aromatic N) is 4. The number of aryl methyl sites for hydroxylation is 2. The molecule has 136 valence electrons. The summed E-state index contributed by atoms with van der Waals surface area (Å²) in [5.41, 5.74) is 0.375. The molecule has 1 N–H and O–H groups in total. The summed E-state index contributed by atoms with van der Waals surface area (Å²) in [7, 11) is 3.53. The van der Waals surface area contributed by atoms with Crippen molar-refractivity contribution in [2.24, 2.45) is 13.0 Å². The molecule has 0 unspecified atom stereocenters. The van der Waals surface area contributed by atoms with Gasteiger partial charge in [-0.3, -0.25) is 19.1 Å². The van der Waals surface area contributed by atoms with Crippen molar-refractivity contribution in [1.29, 1.82) is 0 Å². The number of hydrogen-bond donors (Lipinski definition) is 1. The summed E-state index contributed by atoms with van der Waals surface area (Å²) in [4.78, 5) is 39.4. The van der Waals surface area contributed by atoms with E-state index in [2.05, 4.69) is 5.10 Å². The monoisotopic (exact) mass is 348 g/mol. The molecule has 2 saturated heterocycles. The molecule has 2 amide bonds. The maximum absolute atomic E-state index is 12.4. The van der Waals surface area contributed by atoms with Crippen LogP contribution in [0.1, 0.15) is 31.2 Å². The fourth-order valence-corrected chi connectivity index (χ4v) is 4.14. The lowest BCUT2D eigenvalue weighted by Gasteiger charge is -2.45. The molecule has 25 heavy (non-hydrogen) atoms. The lowest BCUT2D eigenvalue weighted by molar-refractivity contribution is -0.147. The first-order valence-corrected chi connectivity index (χ1v) is 8.58. The lowest BCUT2D eigenvalue weighted by Crippen LogP contribution is -2.56. The van der Waals surface area contributed by atoms with Gasteiger partial charge < -0.3 is 14.9 Å². The summed E-state index contributed by atoms with van der Waals surface area (Å²) in [6.45, 7) is 0.987. The molecule has 0 saturated carbocycles. The molecule has 1 aromatic rings. The minimum atomic E-state index is -0.922. The molecule has 8 nitrogen and oxygen atoms in total. The number of amides is 2. The Labute approximate surface area is 146 Å². The average molecular weight is 348 g/mol. The highest BCUT2D eigenvalue weighted by molar-refractivity contribution is 5.88. The van der Waals surface area contributed by atoms with Gasteiger partial charge in [0.1, 0.15) is 0 Å². The summed E-state index contributed by atoms with van der Waals surface area (Å²) < 4.78 is 1.71. The maximum Gasteiger partial charge on any atom is 0.309 e. The lowest BCUT2D eigenvalue weighted by atomic mass is 9.77. The Kier molecular flexibility index (Phi) is 4.53. The fraction of sp³-hybridized carbons (Fsp3) is 0.647. The third-order valence-corrected chi connectivity index (χ3v) is 5.74. The number of hydrogen-bond acceptors (Lipinski definition) is 4. The van der Waals surface area contributed by atoms with Crippen LogP contribution in [0.5, 0.6) is 0 Å². The molecule has 0 aliphatic carbocycles. The number of carbonyl (C=O) groups excluding carboxylic acids is 2. The highest BCUT2D eigenvalue weighted by atomic mass is 16.4. The zero-order valence-corrected chi connectivity index (χ0v) is 14.6. The van der Waals surface area contributed by atoms with Crippen LogP contribution in [-0.2, 0) is 27.9 Å². The normalized spacial score (nSPS) is 22.6. The Balaban J connectivity index is 1.60. The van der Waals surface area contributed by atoms with Gasteiger partial charge in [-0.15, -0.1) is 0 Å². The minimum absolute atomic E-state index is 0.0563. The molecule has 3 heterocycles. The van der Waals surface area contributed by atoms with Crippen LogP contribution in [-0.4, -0.2) is 68.1 Å². The van der Waals surface area contributed by atoms with Gasteiger partial charge in [-0.05, 0) is 24.8 Å². The van der Waals surface area contributed by atoms with E-state index >= 15 is 0 Å². The summed E-state index contributed by atoms with van der Waals surface area (Å²) in [6.07, 6.45) is 5.81. The number of piperidine rings is 1. The number of carboxylic acid groups (broad SMARTS) is 1. The second kappa shape index (κ2) is 6.50. The third-order valence-electron chi connectivity index (χ3n) is 5.74. The first kappa shape index (κ1) is 17.4. The van der Waals surface area contributed by atoms with Crippen LogP contribution in [0.4, 0.5) is 0 Å². The van der Waals surface area contributed by atoms with Gasteiger partial charge in [0.05, 0.1) is 17.7 Å². The molecular formula is C17H24N4O4. The number of aliphatic carboxylic acids is 1. The van der Waals surface area contributed by atoms with Crippen molar-refractivity contribution in [2.45, 2.75) is 37.6 Å². The predicted octanol–water partition coefficient (Wildman–Crippen LogP) is 0.277. The molecule has 1 spiro atoms. The number of carbonyl (C=O) groups is 3. The van der Waals surface area contributed by atoms with Crippen molar-refractivity contribution in [2.75, 3.05) is 20.1 Å². The number of rotatable bonds is 4. The van der Waals surface area contributed by atoms with Gasteiger partial charge in [-0.2, -0.15) is 5.10 Å². The maximum atomic E-state index is 12.4. The summed E-state index contributed by atoms with van der Waals surface area (Å²) >= 11 is 0. The zero-order chi connectivity index (χ0) is 18.2. The van der Waals surface area contributed by atoms with Gasteiger partial charge in [0.2, 0.25) is 11.8 Å². The third kappa shape index (κ3) is 3.12. The van der Waals surface area contributed by atoms with E-state index in [4.69, 9.17) is 0 Å². The van der Waals surface area contributed by atoms with E-state index in [1.54, 1.807) is 27.7 Å². The molecule has 0 radical (unpaired) electrons. The van der Waals surface area contributed by atoms with Crippen LogP contribution in [0, 0.1) is 5.92 Å². The molecule has 0 aromatic carbocycles. The number of likely N-dealkylation sites (tertiary alicyclic amines) is 2. The first-order valence-electron chi connectivity index (χ1n) is 8.58. The summed E-state index contributed by atoms with van der Waals surface area (Å²) in [6, 6.07) is 0. The van der Waals surface area contributed by atoms with Gasteiger partial charge in [-0.25, -0.2) is 0 Å². The zero-order valence-electron chi connectivity index (χ0n) is 14.6. The first-order chi connectivity index (χ1) is 11.8. The van der Waals surface area contributed by atoms with Gasteiger partial charge in [0.25, 0.3) is 0 Å². The van der Waals surface area contributed by atoms with E-state index in [0.29, 0.717) is 38.8 Å². The van der Waals surface area contributed by atoms with Crippen LogP contribution in [0.15, 0.2) is 12.4 Å². The van der Waals surface area contributed by atoms with Crippen LogP contribution in [0.3, 0.4) is 0 Å². The second-order valence-corrected chi connectivity index (χ2v) is 7.05. The Morgan fingerprint density at radius 2 is 2.00 bits per heavy atom. The van der Waals surface area contributed by atoms with Gasteiger partial charge >= 0.3 is 5.97 Å². The Hall–Kier alpha value is -2.38. The van der Waals surface area contributed by atoms with E-state index in [1.807, 2.05) is 13.2 Å². The molecule has 2 fully saturated rings. The van der Waals surface area contributed by atoms with Gasteiger partial charge in [-0.1, -0.05) is 0 Å². The van der Waals surface area contributed by atoms with Crippen molar-refractivity contribution in [3.05, 3.63) is 18.0 Å². The molecule has 3 rings (SSSR count). The molecule has 8 heteroatoms.